The molecule has 1 atom stereocenters. The van der Waals surface area contributed by atoms with Crippen LogP contribution >= 0.6 is 43.6 Å². The predicted molar refractivity (Wildman–Crippen MR) is 71.7 cm³/mol. The number of cyclic esters (lactones) is 1. The van der Waals surface area contributed by atoms with Gasteiger partial charge in [-0.3, -0.25) is 4.79 Å². The van der Waals surface area contributed by atoms with Crippen molar-refractivity contribution in [1.29, 1.82) is 0 Å². The molecule has 0 saturated heterocycles. The van der Waals surface area contributed by atoms with Gasteiger partial charge in [0.05, 0.1) is 10.9 Å². The molecule has 1 heterocycles. The first-order valence-corrected chi connectivity index (χ1v) is 7.09. The molecule has 0 aromatic rings. The summed E-state index contributed by atoms with van der Waals surface area (Å²) < 4.78 is 5.89. The van der Waals surface area contributed by atoms with Gasteiger partial charge in [0.2, 0.25) is 0 Å². The van der Waals surface area contributed by atoms with E-state index in [2.05, 4.69) is 31.9 Å². The summed E-state index contributed by atoms with van der Waals surface area (Å²) in [6.07, 6.45) is -0.284. The maximum Gasteiger partial charge on any atom is 0.346 e. The lowest BCUT2D eigenvalue weighted by atomic mass is 10.2. The number of halogens is 2. The fourth-order valence-corrected chi connectivity index (χ4v) is 2.82. The molecule has 16 heavy (non-hydrogen) atoms. The van der Waals surface area contributed by atoms with E-state index in [1.807, 2.05) is 20.8 Å². The first-order valence-electron chi connectivity index (χ1n) is 4.68. The Morgan fingerprint density at radius 1 is 1.44 bits per heavy atom. The first kappa shape index (κ1) is 14.3. The highest BCUT2D eigenvalue weighted by Gasteiger charge is 2.33. The van der Waals surface area contributed by atoms with Gasteiger partial charge in [0.15, 0.2) is 5.12 Å². The molecular formula is C10H12Br2O3S. The van der Waals surface area contributed by atoms with Crippen molar-refractivity contribution in [2.24, 2.45) is 0 Å². The van der Waals surface area contributed by atoms with Crippen molar-refractivity contribution in [2.45, 2.75) is 38.0 Å². The Bertz CT molecular complexity index is 358. The van der Waals surface area contributed by atoms with Crippen LogP contribution in [0.25, 0.3) is 0 Å². The quantitative estimate of drug-likeness (QED) is 0.698. The Balaban J connectivity index is 2.58. The van der Waals surface area contributed by atoms with Gasteiger partial charge in [-0.05, 0) is 15.9 Å². The molecule has 1 rings (SSSR count). The van der Waals surface area contributed by atoms with Crippen LogP contribution in [0.3, 0.4) is 0 Å². The number of hydrogen-bond acceptors (Lipinski definition) is 4. The third-order valence-corrected chi connectivity index (χ3v) is 4.89. The number of esters is 1. The molecular weight excluding hydrogens is 360 g/mol. The zero-order valence-corrected chi connectivity index (χ0v) is 13.2. The number of carbonyl (C=O) groups is 2. The van der Waals surface area contributed by atoms with Gasteiger partial charge in [0.25, 0.3) is 0 Å². The number of carbonyl (C=O) groups excluding carboxylic acids is 2. The van der Waals surface area contributed by atoms with Gasteiger partial charge in [-0.1, -0.05) is 48.5 Å². The van der Waals surface area contributed by atoms with Crippen molar-refractivity contribution in [2.75, 3.05) is 0 Å². The van der Waals surface area contributed by atoms with Gasteiger partial charge in [-0.15, -0.1) is 0 Å². The van der Waals surface area contributed by atoms with E-state index in [9.17, 15) is 9.59 Å². The van der Waals surface area contributed by atoms with E-state index in [0.29, 0.717) is 8.96 Å². The molecule has 0 N–H and O–H groups in total. The van der Waals surface area contributed by atoms with Crippen molar-refractivity contribution in [3.63, 3.8) is 0 Å². The molecule has 0 radical (unpaired) electrons. The summed E-state index contributed by atoms with van der Waals surface area (Å²) in [4.78, 5) is 22.9. The van der Waals surface area contributed by atoms with Crippen LogP contribution in [-0.2, 0) is 14.3 Å². The van der Waals surface area contributed by atoms with E-state index < -0.39 is 12.1 Å². The summed E-state index contributed by atoms with van der Waals surface area (Å²) >= 11 is 7.60. The largest absolute Gasteiger partial charge is 0.452 e. The summed E-state index contributed by atoms with van der Waals surface area (Å²) in [5.41, 5.74) is 0. The van der Waals surface area contributed by atoms with E-state index in [4.69, 9.17) is 4.74 Å². The molecule has 3 nitrogen and oxygen atoms in total. The molecule has 0 aromatic heterocycles. The van der Waals surface area contributed by atoms with Crippen molar-refractivity contribution < 1.29 is 14.3 Å². The lowest BCUT2D eigenvalue weighted by Gasteiger charge is -2.17. The van der Waals surface area contributed by atoms with Crippen LogP contribution < -0.4 is 0 Å². The lowest BCUT2D eigenvalue weighted by molar-refractivity contribution is -0.139. The van der Waals surface area contributed by atoms with Gasteiger partial charge in [0.1, 0.15) is 10.6 Å². The maximum absolute atomic E-state index is 11.7. The number of ether oxygens (including phenoxy) is 1. The Kier molecular flexibility index (Phi) is 4.66. The molecule has 0 saturated carbocycles. The maximum atomic E-state index is 11.7. The monoisotopic (exact) mass is 370 g/mol. The van der Waals surface area contributed by atoms with Gasteiger partial charge in [-0.2, -0.15) is 0 Å². The summed E-state index contributed by atoms with van der Waals surface area (Å²) in [6, 6.07) is 0. The highest BCUT2D eigenvalue weighted by molar-refractivity contribution is 9.14. The van der Waals surface area contributed by atoms with Crippen molar-refractivity contribution in [3.8, 4) is 0 Å². The molecule has 0 unspecified atom stereocenters. The van der Waals surface area contributed by atoms with Crippen LogP contribution in [0.15, 0.2) is 8.96 Å². The topological polar surface area (TPSA) is 43.4 Å². The van der Waals surface area contributed by atoms with Crippen molar-refractivity contribution >= 4 is 54.7 Å². The molecule has 0 fully saturated rings. The summed E-state index contributed by atoms with van der Waals surface area (Å²) in [5.74, 6) is -0.426. The summed E-state index contributed by atoms with van der Waals surface area (Å²) in [5, 5.41) is 0.0180. The molecule has 0 amide bonds. The van der Waals surface area contributed by atoms with E-state index in [1.165, 1.54) is 11.8 Å². The molecule has 6 heteroatoms. The van der Waals surface area contributed by atoms with Crippen LogP contribution in [0, 0.1) is 0 Å². The smallest absolute Gasteiger partial charge is 0.346 e. The average molecular weight is 372 g/mol. The van der Waals surface area contributed by atoms with Crippen molar-refractivity contribution in [3.05, 3.63) is 8.96 Å². The molecule has 90 valence electrons. The van der Waals surface area contributed by atoms with Crippen LogP contribution in [0.4, 0.5) is 0 Å². The van der Waals surface area contributed by atoms with Crippen LogP contribution in [-0.4, -0.2) is 21.9 Å². The summed E-state index contributed by atoms with van der Waals surface area (Å²) in [6.45, 7) is 5.91. The minimum atomic E-state index is -0.482. The average Bonchev–Trinajstić information content (AvgIpc) is 2.30. The minimum Gasteiger partial charge on any atom is -0.452 e. The standard InChI is InChI=1S/C10H12Br2O3S/c1-10(2,3)16-6(13)4-5-7(11)8(12)9(14)15-5/h5H,4H2,1-3H3/t5-/m0/s1. The van der Waals surface area contributed by atoms with Crippen molar-refractivity contribution in [1.82, 2.24) is 0 Å². The molecule has 1 aliphatic heterocycles. The molecule has 0 bridgehead atoms. The van der Waals surface area contributed by atoms with Crippen LogP contribution in [0.1, 0.15) is 27.2 Å². The highest BCUT2D eigenvalue weighted by Crippen LogP contribution is 2.35. The Morgan fingerprint density at radius 2 is 2.00 bits per heavy atom. The molecule has 0 spiro atoms. The Morgan fingerprint density at radius 3 is 2.38 bits per heavy atom. The fraction of sp³-hybridized carbons (Fsp3) is 0.600. The Labute approximate surface area is 116 Å². The first-order chi connectivity index (χ1) is 7.20. The van der Waals surface area contributed by atoms with Crippen LogP contribution in [0.5, 0.6) is 0 Å². The van der Waals surface area contributed by atoms with Gasteiger partial charge >= 0.3 is 5.97 Å². The van der Waals surface area contributed by atoms with E-state index >= 15 is 0 Å². The zero-order chi connectivity index (χ0) is 12.5. The van der Waals surface area contributed by atoms with Gasteiger partial charge in [0, 0.05) is 4.75 Å². The Hall–Kier alpha value is 0.190. The van der Waals surface area contributed by atoms with E-state index in [0.717, 1.165) is 0 Å². The second-order valence-electron chi connectivity index (χ2n) is 4.35. The SMILES string of the molecule is CC(C)(C)SC(=O)C[C@@H]1OC(=O)C(Br)=C1Br. The minimum absolute atomic E-state index is 0.0180. The zero-order valence-electron chi connectivity index (χ0n) is 9.17. The summed E-state index contributed by atoms with van der Waals surface area (Å²) in [7, 11) is 0. The third kappa shape index (κ3) is 3.89. The molecule has 0 aromatic carbocycles. The molecule has 0 aliphatic carbocycles. The molecule has 1 aliphatic rings. The third-order valence-electron chi connectivity index (χ3n) is 1.69. The second kappa shape index (κ2) is 5.23. The van der Waals surface area contributed by atoms with E-state index in [1.54, 1.807) is 0 Å². The van der Waals surface area contributed by atoms with Gasteiger partial charge < -0.3 is 4.74 Å². The van der Waals surface area contributed by atoms with E-state index in [-0.39, 0.29) is 16.3 Å². The van der Waals surface area contributed by atoms with Gasteiger partial charge in [-0.25, -0.2) is 4.79 Å². The highest BCUT2D eigenvalue weighted by atomic mass is 79.9. The normalized spacial score (nSPS) is 21.3. The fourth-order valence-electron chi connectivity index (χ4n) is 1.14. The number of rotatable bonds is 2. The number of thioether (sulfide) groups is 1. The number of hydrogen-bond donors (Lipinski definition) is 0. The predicted octanol–water partition coefficient (Wildman–Crippen LogP) is 3.36. The lowest BCUT2D eigenvalue weighted by Crippen LogP contribution is -2.18. The van der Waals surface area contributed by atoms with Crippen LogP contribution in [0.2, 0.25) is 0 Å². The second-order valence-corrected chi connectivity index (χ2v) is 7.88.